The van der Waals surface area contributed by atoms with Crippen molar-refractivity contribution in [3.63, 3.8) is 0 Å². The van der Waals surface area contributed by atoms with Gasteiger partial charge in [-0.15, -0.1) is 0 Å². The first-order valence-corrected chi connectivity index (χ1v) is 6.49. The molecule has 0 aliphatic carbocycles. The van der Waals surface area contributed by atoms with Gasteiger partial charge in [-0.2, -0.15) is 26.3 Å². The van der Waals surface area contributed by atoms with Crippen molar-refractivity contribution in [1.82, 2.24) is 0 Å². The molecule has 0 atom stereocenters. The van der Waals surface area contributed by atoms with E-state index < -0.39 is 23.5 Å². The van der Waals surface area contributed by atoms with Gasteiger partial charge in [0, 0.05) is 6.21 Å². The van der Waals surface area contributed by atoms with Crippen molar-refractivity contribution in [2.75, 3.05) is 0 Å². The van der Waals surface area contributed by atoms with Crippen LogP contribution in [0.15, 0.2) is 53.5 Å². The maximum absolute atomic E-state index is 12.6. The molecule has 122 valence electrons. The van der Waals surface area contributed by atoms with Gasteiger partial charge in [-0.05, 0) is 35.4 Å². The predicted octanol–water partition coefficient (Wildman–Crippen LogP) is 5.34. The van der Waals surface area contributed by atoms with Gasteiger partial charge in [-0.3, -0.25) is 4.99 Å². The van der Waals surface area contributed by atoms with Gasteiger partial charge in [0.15, 0.2) is 0 Å². The standard InChI is InChI=1S/C16H11F6N/c17-15(18,19)13-5-1-3-11(7-13)9-23-10-12-4-2-6-14(8-12)16(20,21)22/h1-9H,10H2. The molecule has 0 aliphatic heterocycles. The van der Waals surface area contributed by atoms with Gasteiger partial charge >= 0.3 is 12.4 Å². The van der Waals surface area contributed by atoms with E-state index in [1.54, 1.807) is 0 Å². The van der Waals surface area contributed by atoms with Crippen LogP contribution >= 0.6 is 0 Å². The highest BCUT2D eigenvalue weighted by Gasteiger charge is 2.30. The number of hydrogen-bond donors (Lipinski definition) is 0. The van der Waals surface area contributed by atoms with Gasteiger partial charge < -0.3 is 0 Å². The molecule has 0 fully saturated rings. The van der Waals surface area contributed by atoms with Crippen LogP contribution in [0.1, 0.15) is 22.3 Å². The van der Waals surface area contributed by atoms with Gasteiger partial charge in [0.25, 0.3) is 0 Å². The summed E-state index contributed by atoms with van der Waals surface area (Å²) in [4.78, 5) is 3.90. The lowest BCUT2D eigenvalue weighted by Gasteiger charge is -2.07. The summed E-state index contributed by atoms with van der Waals surface area (Å²) in [5, 5.41) is 0. The molecule has 0 bridgehead atoms. The fraction of sp³-hybridized carbons (Fsp3) is 0.188. The average Bonchev–Trinajstić information content (AvgIpc) is 2.46. The third-order valence-electron chi connectivity index (χ3n) is 2.98. The van der Waals surface area contributed by atoms with E-state index in [1.165, 1.54) is 30.5 Å². The highest BCUT2D eigenvalue weighted by molar-refractivity contribution is 5.79. The first-order chi connectivity index (χ1) is 10.7. The Morgan fingerprint density at radius 2 is 1.35 bits per heavy atom. The maximum Gasteiger partial charge on any atom is 0.416 e. The minimum atomic E-state index is -4.45. The topological polar surface area (TPSA) is 12.4 Å². The molecule has 0 spiro atoms. The molecule has 2 aromatic rings. The number of hydrogen-bond acceptors (Lipinski definition) is 1. The van der Waals surface area contributed by atoms with Crippen molar-refractivity contribution in [3.05, 3.63) is 70.8 Å². The SMILES string of the molecule is FC(F)(F)c1cccc(C=NCc2cccc(C(F)(F)F)c2)c1. The van der Waals surface area contributed by atoms with Crippen LogP contribution in [0.5, 0.6) is 0 Å². The Labute approximate surface area is 128 Å². The van der Waals surface area contributed by atoms with E-state index in [9.17, 15) is 26.3 Å². The van der Waals surface area contributed by atoms with Crippen molar-refractivity contribution in [3.8, 4) is 0 Å². The summed E-state index contributed by atoms with van der Waals surface area (Å²) in [7, 11) is 0. The number of nitrogens with zero attached hydrogens (tertiary/aromatic N) is 1. The summed E-state index contributed by atoms with van der Waals surface area (Å²) in [5.41, 5.74) is -1.04. The summed E-state index contributed by atoms with van der Waals surface area (Å²) in [6.45, 7) is -0.0554. The highest BCUT2D eigenvalue weighted by atomic mass is 19.4. The molecule has 2 aromatic carbocycles. The quantitative estimate of drug-likeness (QED) is 0.531. The second-order valence-electron chi connectivity index (χ2n) is 4.79. The molecule has 0 aromatic heterocycles. The van der Waals surface area contributed by atoms with E-state index in [-0.39, 0.29) is 12.1 Å². The lowest BCUT2D eigenvalue weighted by atomic mass is 10.1. The average molecular weight is 331 g/mol. The van der Waals surface area contributed by atoms with Gasteiger partial charge in [0.2, 0.25) is 0 Å². The van der Waals surface area contributed by atoms with E-state index >= 15 is 0 Å². The molecule has 0 aliphatic rings. The summed E-state index contributed by atoms with van der Waals surface area (Å²) in [6.07, 6.45) is -7.69. The predicted molar refractivity (Wildman–Crippen MR) is 74.2 cm³/mol. The van der Waals surface area contributed by atoms with E-state index in [0.29, 0.717) is 5.56 Å². The summed E-state index contributed by atoms with van der Waals surface area (Å²) in [5.74, 6) is 0. The van der Waals surface area contributed by atoms with Crippen LogP contribution < -0.4 is 0 Å². The zero-order valence-corrected chi connectivity index (χ0v) is 11.6. The van der Waals surface area contributed by atoms with E-state index in [4.69, 9.17) is 0 Å². The Balaban J connectivity index is 2.11. The van der Waals surface area contributed by atoms with Crippen molar-refractivity contribution in [2.24, 2.45) is 4.99 Å². The molecule has 23 heavy (non-hydrogen) atoms. The first-order valence-electron chi connectivity index (χ1n) is 6.49. The Morgan fingerprint density at radius 3 is 1.96 bits per heavy atom. The van der Waals surface area contributed by atoms with Crippen molar-refractivity contribution in [1.29, 1.82) is 0 Å². The van der Waals surface area contributed by atoms with Crippen LogP contribution in [-0.4, -0.2) is 6.21 Å². The van der Waals surface area contributed by atoms with E-state index in [0.717, 1.165) is 24.3 Å². The first kappa shape index (κ1) is 17.1. The molecule has 1 nitrogen and oxygen atoms in total. The largest absolute Gasteiger partial charge is 0.416 e. The smallest absolute Gasteiger partial charge is 0.288 e. The minimum absolute atomic E-state index is 0.0554. The number of alkyl halides is 6. The van der Waals surface area contributed by atoms with Gasteiger partial charge in [-0.25, -0.2) is 0 Å². The van der Waals surface area contributed by atoms with Crippen LogP contribution in [0.4, 0.5) is 26.3 Å². The van der Waals surface area contributed by atoms with Crippen LogP contribution in [0.2, 0.25) is 0 Å². The summed E-state index contributed by atoms with van der Waals surface area (Å²) < 4.78 is 75.4. The molecule has 0 radical (unpaired) electrons. The van der Waals surface area contributed by atoms with Gasteiger partial charge in [0.1, 0.15) is 0 Å². The Bertz CT molecular complexity index is 700. The Hall–Kier alpha value is -2.31. The van der Waals surface area contributed by atoms with Crippen molar-refractivity contribution < 1.29 is 26.3 Å². The number of rotatable bonds is 3. The molecule has 0 saturated carbocycles. The fourth-order valence-electron chi connectivity index (χ4n) is 1.90. The van der Waals surface area contributed by atoms with Crippen LogP contribution in [0, 0.1) is 0 Å². The van der Waals surface area contributed by atoms with E-state index in [1.807, 2.05) is 0 Å². The number of aliphatic imine (C=N–C) groups is 1. The molecule has 0 unspecified atom stereocenters. The Kier molecular flexibility index (Phi) is 4.77. The molecule has 2 rings (SSSR count). The van der Waals surface area contributed by atoms with Crippen molar-refractivity contribution in [2.45, 2.75) is 18.9 Å². The van der Waals surface area contributed by atoms with Crippen LogP contribution in [0.3, 0.4) is 0 Å². The highest BCUT2D eigenvalue weighted by Crippen LogP contribution is 2.30. The Morgan fingerprint density at radius 1 is 0.783 bits per heavy atom. The lowest BCUT2D eigenvalue weighted by molar-refractivity contribution is -0.138. The summed E-state index contributed by atoms with van der Waals surface area (Å²) >= 11 is 0. The molecule has 0 amide bonds. The van der Waals surface area contributed by atoms with Crippen molar-refractivity contribution >= 4 is 6.21 Å². The number of benzene rings is 2. The number of halogens is 6. The third kappa shape index (κ3) is 4.84. The molecule has 7 heteroatoms. The van der Waals surface area contributed by atoms with Crippen LogP contribution in [0.25, 0.3) is 0 Å². The molecule has 0 N–H and O–H groups in total. The normalized spacial score (nSPS) is 12.8. The molecular formula is C16H11F6N. The second-order valence-corrected chi connectivity index (χ2v) is 4.79. The fourth-order valence-corrected chi connectivity index (χ4v) is 1.90. The zero-order valence-electron chi connectivity index (χ0n) is 11.6. The second kappa shape index (κ2) is 6.44. The summed E-state index contributed by atoms with van der Waals surface area (Å²) in [6, 6.07) is 9.18. The van der Waals surface area contributed by atoms with Crippen LogP contribution in [-0.2, 0) is 18.9 Å². The molecule has 0 saturated heterocycles. The lowest BCUT2D eigenvalue weighted by Crippen LogP contribution is -2.05. The minimum Gasteiger partial charge on any atom is -0.288 e. The van der Waals surface area contributed by atoms with Gasteiger partial charge in [-0.1, -0.05) is 24.3 Å². The van der Waals surface area contributed by atoms with Gasteiger partial charge in [0.05, 0.1) is 17.7 Å². The zero-order chi connectivity index (χ0) is 17.1. The maximum atomic E-state index is 12.6. The molecule has 0 heterocycles. The molecular weight excluding hydrogens is 320 g/mol. The monoisotopic (exact) mass is 331 g/mol. The van der Waals surface area contributed by atoms with E-state index in [2.05, 4.69) is 4.99 Å². The third-order valence-corrected chi connectivity index (χ3v) is 2.98.